The molecule has 4 rings (SSSR count). The van der Waals surface area contributed by atoms with Crippen LogP contribution in [0.5, 0.6) is 11.5 Å². The number of nitro benzene ring substituents is 1. The fourth-order valence-electron chi connectivity index (χ4n) is 4.38. The Balaban J connectivity index is 0.00000120. The van der Waals surface area contributed by atoms with Crippen molar-refractivity contribution < 1.29 is 39.0 Å². The van der Waals surface area contributed by atoms with E-state index >= 15 is 0 Å². The molecule has 0 heterocycles. The highest BCUT2D eigenvalue weighted by Gasteiger charge is 2.36. The normalized spacial score (nSPS) is 12.5. The van der Waals surface area contributed by atoms with Crippen molar-refractivity contribution in [1.29, 1.82) is 0 Å². The average molecular weight is 718 g/mol. The SMILES string of the molecule is C.CCOC(=O)[C@@H](N)Cc1ccccc1.CCOC(=O)[C@H](Cc1ccccc1)CP(=O)(Oc1ccccc1)Oc1ccc([N+](=O)[O-])cc1.Cl.[2HH]. The molecule has 0 aliphatic heterocycles. The number of carbonyl (C=O) groups excluding carboxylic acids is 2. The van der Waals surface area contributed by atoms with E-state index in [0.717, 1.165) is 11.1 Å². The van der Waals surface area contributed by atoms with E-state index in [0.29, 0.717) is 18.8 Å². The Kier molecular flexibility index (Phi) is 19.0. The molecule has 4 aromatic carbocycles. The largest absolute Gasteiger partial charge is 0.466 e. The van der Waals surface area contributed by atoms with Crippen LogP contribution in [0.25, 0.3) is 0 Å². The summed E-state index contributed by atoms with van der Waals surface area (Å²) in [6.45, 7) is 4.02. The number of halogens is 1. The van der Waals surface area contributed by atoms with Crippen molar-refractivity contribution in [2.75, 3.05) is 19.4 Å². The van der Waals surface area contributed by atoms with Gasteiger partial charge in [0.25, 0.3) is 5.69 Å². The van der Waals surface area contributed by atoms with Crippen molar-refractivity contribution in [1.82, 2.24) is 0 Å². The van der Waals surface area contributed by atoms with Crippen LogP contribution in [0.15, 0.2) is 115 Å². The highest BCUT2D eigenvalue weighted by atomic mass is 35.5. The maximum Gasteiger partial charge on any atom is 0.431 e. The molecule has 0 bridgehead atoms. The highest BCUT2D eigenvalue weighted by Crippen LogP contribution is 2.50. The lowest BCUT2D eigenvalue weighted by atomic mass is 10.0. The van der Waals surface area contributed by atoms with Gasteiger partial charge >= 0.3 is 19.5 Å². The Bertz CT molecular complexity index is 1600. The van der Waals surface area contributed by atoms with Gasteiger partial charge in [0.2, 0.25) is 0 Å². The first-order valence-corrected chi connectivity index (χ1v) is 16.8. The van der Waals surface area contributed by atoms with Crippen LogP contribution >= 0.6 is 20.0 Å². The molecule has 266 valence electrons. The molecule has 0 amide bonds. The first-order chi connectivity index (χ1) is 22.6. The van der Waals surface area contributed by atoms with Gasteiger partial charge in [0, 0.05) is 13.6 Å². The van der Waals surface area contributed by atoms with E-state index in [2.05, 4.69) is 0 Å². The van der Waals surface area contributed by atoms with E-state index in [9.17, 15) is 24.3 Å². The monoisotopic (exact) mass is 717 g/mol. The molecule has 0 aliphatic rings. The molecule has 0 saturated carbocycles. The van der Waals surface area contributed by atoms with Crippen molar-refractivity contribution in [3.05, 3.63) is 137 Å². The van der Waals surface area contributed by atoms with Gasteiger partial charge in [-0.25, -0.2) is 4.57 Å². The summed E-state index contributed by atoms with van der Waals surface area (Å²) in [7, 11) is -3.94. The number of hydrogen-bond acceptors (Lipinski definition) is 10. The van der Waals surface area contributed by atoms with Crippen LogP contribution in [-0.4, -0.2) is 42.3 Å². The second-order valence-electron chi connectivity index (χ2n) is 10.2. The van der Waals surface area contributed by atoms with Crippen molar-refractivity contribution >= 4 is 37.6 Å². The predicted molar refractivity (Wildman–Crippen MR) is 194 cm³/mol. The number of esters is 2. The second kappa shape index (κ2) is 22.0. The number of para-hydroxylation sites is 1. The Hall–Kier alpha value is -4.70. The van der Waals surface area contributed by atoms with Crippen LogP contribution in [0.4, 0.5) is 5.69 Å². The van der Waals surface area contributed by atoms with Crippen LogP contribution in [0.2, 0.25) is 0 Å². The zero-order valence-electron chi connectivity index (χ0n) is 26.7. The number of hydrogen-bond donors (Lipinski definition) is 1. The first-order valence-electron chi connectivity index (χ1n) is 15.1. The van der Waals surface area contributed by atoms with E-state index < -0.39 is 30.4 Å². The minimum absolute atomic E-state index is 0. The molecular formula is C36H46ClN2O9P. The van der Waals surface area contributed by atoms with Gasteiger partial charge in [-0.3, -0.25) is 19.7 Å². The Morgan fingerprint density at radius 1 is 0.735 bits per heavy atom. The number of benzene rings is 4. The molecule has 0 fully saturated rings. The molecule has 3 atom stereocenters. The van der Waals surface area contributed by atoms with Gasteiger partial charge in [0.05, 0.1) is 30.2 Å². The number of nitrogens with two attached hydrogens (primary N) is 1. The number of nitro groups is 1. The number of rotatable bonds is 15. The summed E-state index contributed by atoms with van der Waals surface area (Å²) in [5.74, 6) is -1.20. The number of ether oxygens (including phenoxy) is 2. The second-order valence-corrected chi connectivity index (χ2v) is 12.2. The maximum atomic E-state index is 13.9. The van der Waals surface area contributed by atoms with Crippen LogP contribution in [0.1, 0.15) is 33.8 Å². The first kappa shape index (κ1) is 42.3. The van der Waals surface area contributed by atoms with Gasteiger partial charge in [-0.1, -0.05) is 86.3 Å². The summed E-state index contributed by atoms with van der Waals surface area (Å²) in [4.78, 5) is 34.3. The molecule has 4 aromatic rings. The summed E-state index contributed by atoms with van der Waals surface area (Å²) < 4.78 is 35.4. The lowest BCUT2D eigenvalue weighted by Gasteiger charge is -2.24. The molecule has 0 aromatic heterocycles. The molecular weight excluding hydrogens is 671 g/mol. The van der Waals surface area contributed by atoms with Gasteiger partial charge < -0.3 is 24.3 Å². The van der Waals surface area contributed by atoms with E-state index in [1.165, 1.54) is 24.3 Å². The smallest absolute Gasteiger partial charge is 0.431 e. The highest BCUT2D eigenvalue weighted by molar-refractivity contribution is 7.54. The van der Waals surface area contributed by atoms with E-state index in [-0.39, 0.29) is 57.9 Å². The number of carbonyl (C=O) groups is 2. The van der Waals surface area contributed by atoms with Crippen LogP contribution in [0, 0.1) is 16.0 Å². The Labute approximate surface area is 295 Å². The number of non-ortho nitro benzene ring substituents is 1. The molecule has 0 radical (unpaired) electrons. The van der Waals surface area contributed by atoms with Gasteiger partial charge in [-0.05, 0) is 62.1 Å². The summed E-state index contributed by atoms with van der Waals surface area (Å²) >= 11 is 0. The molecule has 49 heavy (non-hydrogen) atoms. The quantitative estimate of drug-likeness (QED) is 0.0551. The standard InChI is InChI=1S/C24H24NO7P.C11H15NO2.CH4.ClH.H2/c1-2-30-24(26)20(17-19-9-5-3-6-10-19)18-33(29,31-22-11-7-4-8-12-22)32-23-15-13-21(14-16-23)25(27)28;1-2-14-11(13)10(12)8-9-6-4-3-5-7-9;;;/h3-16,20H,2,17-18H2,1H3;3-7,10H,2,8,12H2,1H3;1H4;2*1H/t20-,33?;10-;;;/m10.../s1/i;;;;1+1. The number of nitrogens with zero attached hydrogens (tertiary/aromatic N) is 1. The molecule has 13 heteroatoms. The third-order valence-electron chi connectivity index (χ3n) is 6.56. The van der Waals surface area contributed by atoms with E-state index in [4.69, 9.17) is 24.3 Å². The Morgan fingerprint density at radius 2 is 1.16 bits per heavy atom. The zero-order valence-corrected chi connectivity index (χ0v) is 28.4. The minimum atomic E-state index is -3.94. The topological polar surface area (TPSA) is 157 Å². The lowest BCUT2D eigenvalue weighted by Crippen LogP contribution is -2.34. The lowest BCUT2D eigenvalue weighted by molar-refractivity contribution is -0.384. The summed E-state index contributed by atoms with van der Waals surface area (Å²) in [6, 6.07) is 32.1. The van der Waals surface area contributed by atoms with Crippen LogP contribution in [0.3, 0.4) is 0 Å². The predicted octanol–water partition coefficient (Wildman–Crippen LogP) is 8.09. The van der Waals surface area contributed by atoms with Crippen molar-refractivity contribution in [2.24, 2.45) is 11.7 Å². The molecule has 0 saturated heterocycles. The average Bonchev–Trinajstić information content (AvgIpc) is 3.06. The fourth-order valence-corrected chi connectivity index (χ4v) is 6.27. The summed E-state index contributed by atoms with van der Waals surface area (Å²) in [5.41, 5.74) is 7.45. The van der Waals surface area contributed by atoms with Crippen molar-refractivity contribution in [3.8, 4) is 11.5 Å². The van der Waals surface area contributed by atoms with Gasteiger partial charge in [0.1, 0.15) is 17.5 Å². The fraction of sp³-hybridized carbons (Fsp3) is 0.278. The summed E-state index contributed by atoms with van der Waals surface area (Å²) in [5, 5.41) is 10.9. The molecule has 0 aliphatic carbocycles. The molecule has 1 unspecified atom stereocenters. The summed E-state index contributed by atoms with van der Waals surface area (Å²) in [6.07, 6.45) is 0.567. The maximum absolute atomic E-state index is 13.9. The minimum Gasteiger partial charge on any atom is -0.466 e. The molecule has 2 N–H and O–H groups in total. The molecule has 0 spiro atoms. The van der Waals surface area contributed by atoms with Gasteiger partial charge in [-0.15, -0.1) is 12.4 Å². The van der Waals surface area contributed by atoms with E-state index in [1.807, 2.05) is 60.7 Å². The zero-order chi connectivity index (χ0) is 34.1. The van der Waals surface area contributed by atoms with E-state index in [1.54, 1.807) is 44.2 Å². The van der Waals surface area contributed by atoms with Crippen LogP contribution < -0.4 is 14.8 Å². The van der Waals surface area contributed by atoms with Gasteiger partial charge in [0.15, 0.2) is 0 Å². The third-order valence-corrected chi connectivity index (χ3v) is 8.42. The third kappa shape index (κ3) is 14.9. The van der Waals surface area contributed by atoms with Crippen molar-refractivity contribution in [2.45, 2.75) is 40.2 Å². The van der Waals surface area contributed by atoms with Crippen molar-refractivity contribution in [3.63, 3.8) is 0 Å². The Morgan fingerprint density at radius 3 is 1.63 bits per heavy atom. The van der Waals surface area contributed by atoms with Crippen LogP contribution in [-0.2, 0) is 36.5 Å². The van der Waals surface area contributed by atoms with Gasteiger partial charge in [-0.2, -0.15) is 0 Å². The molecule has 11 nitrogen and oxygen atoms in total.